The molecule has 0 radical (unpaired) electrons. The monoisotopic (exact) mass is 280 g/mol. The lowest BCUT2D eigenvalue weighted by atomic mass is 10.0. The van der Waals surface area contributed by atoms with Crippen molar-refractivity contribution in [2.75, 3.05) is 0 Å². The van der Waals surface area contributed by atoms with Gasteiger partial charge in [0.2, 0.25) is 0 Å². The summed E-state index contributed by atoms with van der Waals surface area (Å²) in [4.78, 5) is 21.8. The topological polar surface area (TPSA) is 54.4 Å². The van der Waals surface area contributed by atoms with Gasteiger partial charge in [0, 0.05) is 12.0 Å². The highest BCUT2D eigenvalue weighted by atomic mass is 35.5. The number of hydrogen-bond donors (Lipinski definition) is 1. The molecule has 0 fully saturated rings. The Kier molecular flexibility index (Phi) is 4.34. The predicted molar refractivity (Wildman–Crippen MR) is 57.7 cm³/mol. The van der Waals surface area contributed by atoms with Gasteiger partial charge >= 0.3 is 12.1 Å². The van der Waals surface area contributed by atoms with Crippen LogP contribution in [0.5, 0.6) is 0 Å². The molecule has 98 valence electrons. The summed E-state index contributed by atoms with van der Waals surface area (Å²) in [5.41, 5.74) is -1.31. The maximum atomic E-state index is 12.4. The van der Waals surface area contributed by atoms with Crippen LogP contribution in [0.2, 0.25) is 5.02 Å². The molecular weight excluding hydrogens is 273 g/mol. The van der Waals surface area contributed by atoms with Crippen LogP contribution in [-0.2, 0) is 11.0 Å². The van der Waals surface area contributed by atoms with Crippen molar-refractivity contribution in [3.63, 3.8) is 0 Å². The van der Waals surface area contributed by atoms with Crippen LogP contribution in [0.3, 0.4) is 0 Å². The van der Waals surface area contributed by atoms with E-state index in [0.717, 1.165) is 12.1 Å². The van der Waals surface area contributed by atoms with Crippen LogP contribution in [0.4, 0.5) is 13.2 Å². The average molecular weight is 281 g/mol. The van der Waals surface area contributed by atoms with Gasteiger partial charge in [-0.15, -0.1) is 0 Å². The van der Waals surface area contributed by atoms with Gasteiger partial charge in [-0.2, -0.15) is 13.2 Å². The van der Waals surface area contributed by atoms with Gasteiger partial charge in [0.05, 0.1) is 17.0 Å². The molecule has 1 N–H and O–H groups in total. The number of alkyl halides is 3. The van der Waals surface area contributed by atoms with E-state index in [1.807, 2.05) is 0 Å². The number of hydrogen-bond acceptors (Lipinski definition) is 2. The number of halogens is 4. The standard InChI is InChI=1S/C11H8ClF3O3/c12-8-2-1-6(11(13,14)15)5-7(8)9(16)3-4-10(17)18/h1-2,5H,3-4H2,(H,17,18). The van der Waals surface area contributed by atoms with Crippen molar-refractivity contribution in [1.29, 1.82) is 0 Å². The van der Waals surface area contributed by atoms with E-state index in [-0.39, 0.29) is 10.6 Å². The molecular formula is C11H8ClF3O3. The fourth-order valence-electron chi connectivity index (χ4n) is 1.27. The number of carbonyl (C=O) groups is 2. The van der Waals surface area contributed by atoms with Crippen molar-refractivity contribution in [3.05, 3.63) is 34.3 Å². The number of rotatable bonds is 4. The maximum absolute atomic E-state index is 12.4. The van der Waals surface area contributed by atoms with Gasteiger partial charge in [0.25, 0.3) is 0 Å². The van der Waals surface area contributed by atoms with Crippen LogP contribution >= 0.6 is 11.6 Å². The molecule has 0 atom stereocenters. The van der Waals surface area contributed by atoms with Crippen LogP contribution in [0, 0.1) is 0 Å². The van der Waals surface area contributed by atoms with Crippen LogP contribution in [0.1, 0.15) is 28.8 Å². The van der Waals surface area contributed by atoms with Crippen LogP contribution in [0.15, 0.2) is 18.2 Å². The second-order valence-electron chi connectivity index (χ2n) is 3.51. The summed E-state index contributed by atoms with van der Waals surface area (Å²) in [5, 5.41) is 8.27. The number of carbonyl (C=O) groups excluding carboxylic acids is 1. The summed E-state index contributed by atoms with van der Waals surface area (Å²) in [7, 11) is 0. The van der Waals surface area contributed by atoms with E-state index >= 15 is 0 Å². The predicted octanol–water partition coefficient (Wildman–Crippen LogP) is 3.41. The molecule has 7 heteroatoms. The summed E-state index contributed by atoms with van der Waals surface area (Å²) in [5.74, 6) is -1.93. The van der Waals surface area contributed by atoms with Gasteiger partial charge in [0.1, 0.15) is 0 Å². The molecule has 18 heavy (non-hydrogen) atoms. The number of carboxylic acid groups (broad SMARTS) is 1. The highest BCUT2D eigenvalue weighted by molar-refractivity contribution is 6.34. The van der Waals surface area contributed by atoms with Crippen LogP contribution in [-0.4, -0.2) is 16.9 Å². The van der Waals surface area contributed by atoms with Crippen molar-refractivity contribution >= 4 is 23.4 Å². The Hall–Kier alpha value is -1.56. The smallest absolute Gasteiger partial charge is 0.416 e. The molecule has 1 aromatic rings. The molecule has 0 aliphatic heterocycles. The zero-order valence-electron chi connectivity index (χ0n) is 8.92. The number of ketones is 1. The quantitative estimate of drug-likeness (QED) is 0.860. The van der Waals surface area contributed by atoms with Crippen molar-refractivity contribution in [2.24, 2.45) is 0 Å². The van der Waals surface area contributed by atoms with Crippen molar-refractivity contribution in [3.8, 4) is 0 Å². The van der Waals surface area contributed by atoms with Crippen LogP contribution < -0.4 is 0 Å². The molecule has 0 amide bonds. The van der Waals surface area contributed by atoms with Gasteiger partial charge < -0.3 is 5.11 Å². The Bertz CT molecular complexity index is 483. The third kappa shape index (κ3) is 3.73. The van der Waals surface area contributed by atoms with Crippen molar-refractivity contribution in [2.45, 2.75) is 19.0 Å². The van der Waals surface area contributed by atoms with Gasteiger partial charge in [-0.3, -0.25) is 9.59 Å². The van der Waals surface area contributed by atoms with E-state index in [1.165, 1.54) is 0 Å². The largest absolute Gasteiger partial charge is 0.481 e. The fraction of sp³-hybridized carbons (Fsp3) is 0.273. The molecule has 0 aliphatic carbocycles. The fourth-order valence-corrected chi connectivity index (χ4v) is 1.49. The molecule has 0 bridgehead atoms. The molecule has 0 aliphatic rings. The summed E-state index contributed by atoms with van der Waals surface area (Å²) in [6, 6.07) is 2.36. The molecule has 0 spiro atoms. The zero-order chi connectivity index (χ0) is 13.9. The summed E-state index contributed by atoms with van der Waals surface area (Å²) in [6.07, 6.45) is -5.42. The van der Waals surface area contributed by atoms with Crippen molar-refractivity contribution in [1.82, 2.24) is 0 Å². The Morgan fingerprint density at radius 3 is 2.33 bits per heavy atom. The molecule has 0 saturated carbocycles. The molecule has 0 heterocycles. The van der Waals surface area contributed by atoms with Crippen LogP contribution in [0.25, 0.3) is 0 Å². The van der Waals surface area contributed by atoms with E-state index in [1.54, 1.807) is 0 Å². The zero-order valence-corrected chi connectivity index (χ0v) is 9.68. The maximum Gasteiger partial charge on any atom is 0.416 e. The Morgan fingerprint density at radius 1 is 1.22 bits per heavy atom. The summed E-state index contributed by atoms with van der Waals surface area (Å²) < 4.78 is 37.3. The number of carboxylic acids is 1. The average Bonchev–Trinajstić information content (AvgIpc) is 2.24. The van der Waals surface area contributed by atoms with Gasteiger partial charge in [-0.25, -0.2) is 0 Å². The lowest BCUT2D eigenvalue weighted by Crippen LogP contribution is -2.09. The van der Waals surface area contributed by atoms with E-state index in [9.17, 15) is 22.8 Å². The Balaban J connectivity index is 3.01. The second kappa shape index (κ2) is 5.39. The molecule has 0 saturated heterocycles. The Labute approximate surface area is 105 Å². The summed E-state index contributed by atoms with van der Waals surface area (Å²) in [6.45, 7) is 0. The lowest BCUT2D eigenvalue weighted by Gasteiger charge is -2.09. The Morgan fingerprint density at radius 2 is 1.83 bits per heavy atom. The number of Topliss-reactive ketones (excluding diaryl/α,β-unsaturated/α-hetero) is 1. The first kappa shape index (κ1) is 14.5. The first-order valence-corrected chi connectivity index (χ1v) is 5.21. The van der Waals surface area contributed by atoms with Gasteiger partial charge in [-0.1, -0.05) is 11.6 Å². The molecule has 0 unspecified atom stereocenters. The minimum Gasteiger partial charge on any atom is -0.481 e. The van der Waals surface area contributed by atoms with E-state index in [0.29, 0.717) is 6.07 Å². The molecule has 3 nitrogen and oxygen atoms in total. The number of aliphatic carboxylic acids is 1. The number of benzene rings is 1. The molecule has 1 rings (SSSR count). The minimum atomic E-state index is -4.58. The summed E-state index contributed by atoms with van der Waals surface area (Å²) >= 11 is 5.62. The lowest BCUT2D eigenvalue weighted by molar-refractivity contribution is -0.138. The normalized spacial score (nSPS) is 11.3. The highest BCUT2D eigenvalue weighted by Gasteiger charge is 2.31. The molecule has 1 aromatic carbocycles. The first-order chi connectivity index (χ1) is 8.21. The van der Waals surface area contributed by atoms with E-state index < -0.39 is 36.3 Å². The van der Waals surface area contributed by atoms with Gasteiger partial charge in [0.15, 0.2) is 5.78 Å². The molecule has 0 aromatic heterocycles. The third-order valence-corrected chi connectivity index (χ3v) is 2.49. The van der Waals surface area contributed by atoms with E-state index in [2.05, 4.69) is 0 Å². The SMILES string of the molecule is O=C(O)CCC(=O)c1cc(C(F)(F)F)ccc1Cl. The van der Waals surface area contributed by atoms with E-state index in [4.69, 9.17) is 16.7 Å². The second-order valence-corrected chi connectivity index (χ2v) is 3.92. The van der Waals surface area contributed by atoms with Gasteiger partial charge in [-0.05, 0) is 18.2 Å². The third-order valence-electron chi connectivity index (χ3n) is 2.16. The minimum absolute atomic E-state index is 0.126. The van der Waals surface area contributed by atoms with Crippen molar-refractivity contribution < 1.29 is 27.9 Å². The highest BCUT2D eigenvalue weighted by Crippen LogP contribution is 2.32. The first-order valence-electron chi connectivity index (χ1n) is 4.83.